The van der Waals surface area contributed by atoms with E-state index in [1.807, 2.05) is 25.3 Å². The minimum atomic E-state index is -0.235. The molecular formula is C22H31FIN5O. The van der Waals surface area contributed by atoms with Gasteiger partial charge >= 0.3 is 0 Å². The zero-order valence-electron chi connectivity index (χ0n) is 17.8. The smallest absolute Gasteiger partial charge is 0.191 e. The van der Waals surface area contributed by atoms with Crippen LogP contribution in [0.2, 0.25) is 0 Å². The van der Waals surface area contributed by atoms with Crippen molar-refractivity contribution < 1.29 is 9.13 Å². The first kappa shape index (κ1) is 24.3. The van der Waals surface area contributed by atoms with Crippen LogP contribution in [-0.2, 0) is 17.8 Å². The van der Waals surface area contributed by atoms with E-state index < -0.39 is 0 Å². The van der Waals surface area contributed by atoms with E-state index in [0.717, 1.165) is 36.6 Å². The average molecular weight is 527 g/mol. The van der Waals surface area contributed by atoms with Gasteiger partial charge in [-0.15, -0.1) is 24.0 Å². The fraction of sp³-hybridized carbons (Fsp3) is 0.455. The van der Waals surface area contributed by atoms with Crippen LogP contribution in [0.5, 0.6) is 0 Å². The van der Waals surface area contributed by atoms with Crippen LogP contribution in [0.1, 0.15) is 31.9 Å². The van der Waals surface area contributed by atoms with Crippen molar-refractivity contribution in [3.8, 4) is 0 Å². The molecule has 1 saturated heterocycles. The maximum absolute atomic E-state index is 13.3. The highest BCUT2D eigenvalue weighted by Gasteiger charge is 2.22. The second-order valence-corrected chi connectivity index (χ2v) is 7.37. The molecule has 2 atom stereocenters. The van der Waals surface area contributed by atoms with Crippen LogP contribution < -0.4 is 15.5 Å². The predicted molar refractivity (Wildman–Crippen MR) is 130 cm³/mol. The Balaban J connectivity index is 0.00000320. The van der Waals surface area contributed by atoms with Gasteiger partial charge in [-0.1, -0.05) is 18.2 Å². The van der Waals surface area contributed by atoms with E-state index in [1.54, 1.807) is 6.07 Å². The van der Waals surface area contributed by atoms with Crippen LogP contribution in [0.4, 0.5) is 10.2 Å². The van der Waals surface area contributed by atoms with E-state index in [4.69, 9.17) is 4.74 Å². The third-order valence-electron chi connectivity index (χ3n) is 4.67. The summed E-state index contributed by atoms with van der Waals surface area (Å²) in [5, 5.41) is 6.45. The van der Waals surface area contributed by atoms with Gasteiger partial charge in [0.1, 0.15) is 11.6 Å². The van der Waals surface area contributed by atoms with E-state index in [2.05, 4.69) is 45.4 Å². The number of morpholine rings is 1. The van der Waals surface area contributed by atoms with E-state index in [1.165, 1.54) is 12.1 Å². The topological polar surface area (TPSA) is 61.8 Å². The van der Waals surface area contributed by atoms with E-state index in [-0.39, 0.29) is 42.0 Å². The number of rotatable bonds is 6. The normalized spacial score (nSPS) is 19.2. The number of aromatic nitrogens is 1. The standard InChI is InChI=1S/C22H30FN5O.HI/c1-4-24-22(26-11-18-6-5-7-20(23)10-18)27-13-19-8-9-21(25-12-19)28-14-16(2)29-17(3)15-28;/h5-10,12,16-17H,4,11,13-15H2,1-3H3,(H2,24,26,27);1H. The molecule has 0 aliphatic carbocycles. The molecule has 2 aromatic rings. The number of hydrogen-bond acceptors (Lipinski definition) is 4. The van der Waals surface area contributed by atoms with Crippen molar-refractivity contribution in [2.75, 3.05) is 24.5 Å². The first-order valence-corrected chi connectivity index (χ1v) is 10.2. The summed E-state index contributed by atoms with van der Waals surface area (Å²) in [7, 11) is 0. The number of anilines is 1. The van der Waals surface area contributed by atoms with Gasteiger partial charge in [0.25, 0.3) is 0 Å². The number of ether oxygens (including phenoxy) is 1. The Kier molecular flexibility index (Phi) is 9.77. The van der Waals surface area contributed by atoms with Crippen LogP contribution in [0, 0.1) is 5.82 Å². The Bertz CT molecular complexity index is 807. The molecule has 2 heterocycles. The summed E-state index contributed by atoms with van der Waals surface area (Å²) in [6, 6.07) is 10.7. The van der Waals surface area contributed by atoms with Crippen molar-refractivity contribution in [2.24, 2.45) is 4.99 Å². The molecular weight excluding hydrogens is 496 g/mol. The first-order valence-electron chi connectivity index (χ1n) is 10.2. The zero-order valence-corrected chi connectivity index (χ0v) is 20.1. The monoisotopic (exact) mass is 527 g/mol. The van der Waals surface area contributed by atoms with Crippen molar-refractivity contribution in [1.29, 1.82) is 0 Å². The SMILES string of the molecule is CCNC(=NCc1ccc(N2CC(C)OC(C)C2)nc1)NCc1cccc(F)c1.I. The Morgan fingerprint density at radius 3 is 2.57 bits per heavy atom. The summed E-state index contributed by atoms with van der Waals surface area (Å²) in [5.41, 5.74) is 1.90. The summed E-state index contributed by atoms with van der Waals surface area (Å²) in [4.78, 5) is 11.5. The van der Waals surface area contributed by atoms with Gasteiger partial charge in [-0.2, -0.15) is 0 Å². The number of halogens is 2. The van der Waals surface area contributed by atoms with Crippen LogP contribution in [0.15, 0.2) is 47.6 Å². The molecule has 164 valence electrons. The number of guanidine groups is 1. The lowest BCUT2D eigenvalue weighted by atomic mass is 10.2. The van der Waals surface area contributed by atoms with Crippen molar-refractivity contribution in [3.05, 3.63) is 59.5 Å². The van der Waals surface area contributed by atoms with Crippen LogP contribution in [0.25, 0.3) is 0 Å². The van der Waals surface area contributed by atoms with Crippen LogP contribution >= 0.6 is 24.0 Å². The first-order chi connectivity index (χ1) is 14.0. The summed E-state index contributed by atoms with van der Waals surface area (Å²) in [6.07, 6.45) is 2.29. The molecule has 1 aromatic carbocycles. The molecule has 0 radical (unpaired) electrons. The molecule has 0 amide bonds. The molecule has 8 heteroatoms. The summed E-state index contributed by atoms with van der Waals surface area (Å²) in [6.45, 7) is 9.66. The number of hydrogen-bond donors (Lipinski definition) is 2. The highest BCUT2D eigenvalue weighted by Crippen LogP contribution is 2.18. The average Bonchev–Trinajstić information content (AvgIpc) is 2.70. The summed E-state index contributed by atoms with van der Waals surface area (Å²) >= 11 is 0. The lowest BCUT2D eigenvalue weighted by Crippen LogP contribution is -2.45. The van der Waals surface area contributed by atoms with E-state index in [0.29, 0.717) is 19.0 Å². The van der Waals surface area contributed by atoms with Crippen LogP contribution in [0.3, 0.4) is 0 Å². The third kappa shape index (κ3) is 7.39. The second-order valence-electron chi connectivity index (χ2n) is 7.37. The van der Waals surface area contributed by atoms with Gasteiger partial charge < -0.3 is 20.3 Å². The zero-order chi connectivity index (χ0) is 20.6. The largest absolute Gasteiger partial charge is 0.372 e. The highest BCUT2D eigenvalue weighted by atomic mass is 127. The molecule has 2 N–H and O–H groups in total. The molecule has 0 spiro atoms. The molecule has 1 aliphatic heterocycles. The lowest BCUT2D eigenvalue weighted by Gasteiger charge is -2.36. The van der Waals surface area contributed by atoms with Gasteiger partial charge in [0.2, 0.25) is 0 Å². The Morgan fingerprint density at radius 2 is 1.93 bits per heavy atom. The van der Waals surface area contributed by atoms with Gasteiger partial charge in [-0.3, -0.25) is 0 Å². The molecule has 2 unspecified atom stereocenters. The molecule has 1 aliphatic rings. The molecule has 0 bridgehead atoms. The maximum atomic E-state index is 13.3. The predicted octanol–water partition coefficient (Wildman–Crippen LogP) is 3.71. The Hall–Kier alpha value is -1.94. The van der Waals surface area contributed by atoms with Gasteiger partial charge in [-0.05, 0) is 50.1 Å². The van der Waals surface area contributed by atoms with Gasteiger partial charge in [0.15, 0.2) is 5.96 Å². The molecule has 1 aromatic heterocycles. The lowest BCUT2D eigenvalue weighted by molar-refractivity contribution is -0.00545. The summed E-state index contributed by atoms with van der Waals surface area (Å²) < 4.78 is 19.1. The number of nitrogens with one attached hydrogen (secondary N) is 2. The fourth-order valence-corrected chi connectivity index (χ4v) is 3.41. The molecule has 3 rings (SSSR count). The number of aliphatic imine (C=N–C) groups is 1. The number of pyridine rings is 1. The van der Waals surface area contributed by atoms with E-state index in [9.17, 15) is 4.39 Å². The van der Waals surface area contributed by atoms with Crippen molar-refractivity contribution in [3.63, 3.8) is 0 Å². The highest BCUT2D eigenvalue weighted by molar-refractivity contribution is 14.0. The molecule has 0 saturated carbocycles. The van der Waals surface area contributed by atoms with Gasteiger partial charge in [0, 0.05) is 32.4 Å². The van der Waals surface area contributed by atoms with E-state index >= 15 is 0 Å². The third-order valence-corrected chi connectivity index (χ3v) is 4.67. The number of benzene rings is 1. The molecule has 30 heavy (non-hydrogen) atoms. The Morgan fingerprint density at radius 1 is 1.17 bits per heavy atom. The Labute approximate surface area is 195 Å². The second kappa shape index (κ2) is 12.0. The van der Waals surface area contributed by atoms with Crippen molar-refractivity contribution in [2.45, 2.75) is 46.1 Å². The van der Waals surface area contributed by atoms with Crippen molar-refractivity contribution >= 4 is 35.8 Å². The summed E-state index contributed by atoms with van der Waals surface area (Å²) in [5.74, 6) is 1.42. The van der Waals surface area contributed by atoms with Gasteiger partial charge in [0.05, 0.1) is 18.8 Å². The van der Waals surface area contributed by atoms with Gasteiger partial charge in [-0.25, -0.2) is 14.4 Å². The molecule has 1 fully saturated rings. The minimum Gasteiger partial charge on any atom is -0.372 e. The van der Waals surface area contributed by atoms with Crippen LogP contribution in [-0.4, -0.2) is 42.8 Å². The minimum absolute atomic E-state index is 0. The quantitative estimate of drug-likeness (QED) is 0.341. The fourth-order valence-electron chi connectivity index (χ4n) is 3.41. The van der Waals surface area contributed by atoms with Crippen molar-refractivity contribution in [1.82, 2.24) is 15.6 Å². The number of nitrogens with zero attached hydrogens (tertiary/aromatic N) is 3. The molecule has 6 nitrogen and oxygen atoms in total. The maximum Gasteiger partial charge on any atom is 0.191 e.